The van der Waals surface area contributed by atoms with Gasteiger partial charge in [0.1, 0.15) is 18.1 Å². The quantitative estimate of drug-likeness (QED) is 0.481. The molecule has 0 amide bonds. The zero-order chi connectivity index (χ0) is 22.6. The molecule has 2 aromatic carbocycles. The van der Waals surface area contributed by atoms with Crippen molar-refractivity contribution in [3.63, 3.8) is 0 Å². The SMILES string of the molecule is COC(=O)COc1ccc(OCc2oc(-c3ccc(C(F)(F)F)cc3)nc2C)cc1C. The molecule has 1 heterocycles. The summed E-state index contributed by atoms with van der Waals surface area (Å²) in [5.74, 6) is 1.27. The van der Waals surface area contributed by atoms with Crippen LogP contribution < -0.4 is 9.47 Å². The fourth-order valence-corrected chi connectivity index (χ4v) is 2.71. The summed E-state index contributed by atoms with van der Waals surface area (Å²) in [5, 5.41) is 0. The lowest BCUT2D eigenvalue weighted by Crippen LogP contribution is -2.13. The first-order valence-corrected chi connectivity index (χ1v) is 9.24. The molecule has 0 aliphatic rings. The van der Waals surface area contributed by atoms with Gasteiger partial charge in [-0.25, -0.2) is 9.78 Å². The number of oxazole rings is 1. The van der Waals surface area contributed by atoms with E-state index in [-0.39, 0.29) is 19.1 Å². The highest BCUT2D eigenvalue weighted by Gasteiger charge is 2.30. The number of hydrogen-bond acceptors (Lipinski definition) is 6. The molecule has 0 atom stereocenters. The zero-order valence-corrected chi connectivity index (χ0v) is 17.1. The Labute approximate surface area is 176 Å². The van der Waals surface area contributed by atoms with Gasteiger partial charge in [0.05, 0.1) is 18.4 Å². The van der Waals surface area contributed by atoms with Crippen molar-refractivity contribution in [2.45, 2.75) is 26.6 Å². The van der Waals surface area contributed by atoms with Gasteiger partial charge in [0.2, 0.25) is 5.89 Å². The maximum Gasteiger partial charge on any atom is 0.416 e. The second kappa shape index (κ2) is 9.11. The third-order valence-electron chi connectivity index (χ3n) is 4.44. The van der Waals surface area contributed by atoms with Crippen molar-refractivity contribution in [2.24, 2.45) is 0 Å². The Bertz CT molecular complexity index is 1060. The van der Waals surface area contributed by atoms with Crippen LogP contribution in [0.25, 0.3) is 11.5 Å². The second-order valence-corrected chi connectivity index (χ2v) is 6.68. The van der Waals surface area contributed by atoms with Crippen molar-refractivity contribution in [3.8, 4) is 23.0 Å². The average Bonchev–Trinajstić information content (AvgIpc) is 3.11. The van der Waals surface area contributed by atoms with Crippen LogP contribution in [0.4, 0.5) is 13.2 Å². The second-order valence-electron chi connectivity index (χ2n) is 6.68. The van der Waals surface area contributed by atoms with E-state index in [1.54, 1.807) is 25.1 Å². The molecule has 31 heavy (non-hydrogen) atoms. The number of aryl methyl sites for hydroxylation is 2. The summed E-state index contributed by atoms with van der Waals surface area (Å²) in [6.07, 6.45) is -4.40. The summed E-state index contributed by atoms with van der Waals surface area (Å²) in [7, 11) is 1.28. The van der Waals surface area contributed by atoms with E-state index in [0.717, 1.165) is 17.7 Å². The molecule has 0 spiro atoms. The van der Waals surface area contributed by atoms with Crippen LogP contribution in [0, 0.1) is 13.8 Å². The van der Waals surface area contributed by atoms with Crippen LogP contribution >= 0.6 is 0 Å². The van der Waals surface area contributed by atoms with Gasteiger partial charge in [-0.3, -0.25) is 0 Å². The largest absolute Gasteiger partial charge is 0.486 e. The highest BCUT2D eigenvalue weighted by molar-refractivity contribution is 5.71. The third-order valence-corrected chi connectivity index (χ3v) is 4.44. The molecule has 0 saturated carbocycles. The van der Waals surface area contributed by atoms with E-state index in [0.29, 0.717) is 28.5 Å². The fraction of sp³-hybridized carbons (Fsp3) is 0.273. The van der Waals surface area contributed by atoms with Crippen molar-refractivity contribution >= 4 is 5.97 Å². The summed E-state index contributed by atoms with van der Waals surface area (Å²) in [5.41, 5.74) is 1.04. The minimum atomic E-state index is -4.40. The number of halogens is 3. The first-order valence-electron chi connectivity index (χ1n) is 9.24. The van der Waals surface area contributed by atoms with E-state index >= 15 is 0 Å². The van der Waals surface area contributed by atoms with E-state index < -0.39 is 17.7 Å². The van der Waals surface area contributed by atoms with Crippen molar-refractivity contribution in [3.05, 3.63) is 65.0 Å². The predicted molar refractivity (Wildman–Crippen MR) is 105 cm³/mol. The molecule has 9 heteroatoms. The van der Waals surface area contributed by atoms with Crippen molar-refractivity contribution in [2.75, 3.05) is 13.7 Å². The van der Waals surface area contributed by atoms with Gasteiger partial charge in [0, 0.05) is 5.56 Å². The van der Waals surface area contributed by atoms with Crippen molar-refractivity contribution < 1.29 is 36.6 Å². The predicted octanol–water partition coefficient (Wildman–Crippen LogP) is 5.11. The molecule has 164 valence electrons. The maximum absolute atomic E-state index is 12.7. The van der Waals surface area contributed by atoms with Gasteiger partial charge in [-0.05, 0) is 61.9 Å². The van der Waals surface area contributed by atoms with E-state index in [9.17, 15) is 18.0 Å². The number of benzene rings is 2. The molecule has 0 bridgehead atoms. The summed E-state index contributed by atoms with van der Waals surface area (Å²) in [4.78, 5) is 15.5. The maximum atomic E-state index is 12.7. The highest BCUT2D eigenvalue weighted by atomic mass is 19.4. The smallest absolute Gasteiger partial charge is 0.416 e. The number of carbonyl (C=O) groups is 1. The number of alkyl halides is 3. The number of hydrogen-bond donors (Lipinski definition) is 0. The number of esters is 1. The van der Waals surface area contributed by atoms with Gasteiger partial charge in [-0.1, -0.05) is 0 Å². The number of carbonyl (C=O) groups excluding carboxylic acids is 1. The van der Waals surface area contributed by atoms with Crippen LogP contribution in [-0.4, -0.2) is 24.7 Å². The lowest BCUT2D eigenvalue weighted by molar-refractivity contribution is -0.143. The molecule has 0 saturated heterocycles. The monoisotopic (exact) mass is 435 g/mol. The highest BCUT2D eigenvalue weighted by Crippen LogP contribution is 2.31. The molecule has 0 unspecified atom stereocenters. The standard InChI is InChI=1S/C22H20F3NO5/c1-13-10-17(8-9-18(13)30-12-20(27)28-3)29-11-19-14(2)26-21(31-19)15-4-6-16(7-5-15)22(23,24)25/h4-10H,11-12H2,1-3H3. The van der Waals surface area contributed by atoms with Gasteiger partial charge in [0.25, 0.3) is 0 Å². The fourth-order valence-electron chi connectivity index (χ4n) is 2.71. The van der Waals surface area contributed by atoms with Gasteiger partial charge in [0.15, 0.2) is 12.4 Å². The topological polar surface area (TPSA) is 70.8 Å². The minimum absolute atomic E-state index is 0.0846. The summed E-state index contributed by atoms with van der Waals surface area (Å²) < 4.78 is 59.5. The minimum Gasteiger partial charge on any atom is -0.486 e. The molecule has 1 aromatic heterocycles. The molecule has 0 N–H and O–H groups in total. The molecule has 3 rings (SSSR count). The summed E-state index contributed by atoms with van der Waals surface area (Å²) in [6, 6.07) is 9.70. The van der Waals surface area contributed by atoms with E-state index in [4.69, 9.17) is 13.9 Å². The van der Waals surface area contributed by atoms with Crippen molar-refractivity contribution in [1.29, 1.82) is 0 Å². The Morgan fingerprint density at radius 1 is 1.06 bits per heavy atom. The molecular formula is C22H20F3NO5. The van der Waals surface area contributed by atoms with Crippen LogP contribution in [0.2, 0.25) is 0 Å². The van der Waals surface area contributed by atoms with Crippen LogP contribution in [-0.2, 0) is 22.3 Å². The van der Waals surface area contributed by atoms with Gasteiger partial charge in [-0.15, -0.1) is 0 Å². The van der Waals surface area contributed by atoms with Crippen LogP contribution in [0.5, 0.6) is 11.5 Å². The van der Waals surface area contributed by atoms with Crippen LogP contribution in [0.1, 0.15) is 22.6 Å². The molecule has 0 aliphatic heterocycles. The lowest BCUT2D eigenvalue weighted by atomic mass is 10.1. The van der Waals surface area contributed by atoms with Gasteiger partial charge in [-0.2, -0.15) is 13.2 Å². The van der Waals surface area contributed by atoms with Gasteiger partial charge < -0.3 is 18.6 Å². The zero-order valence-electron chi connectivity index (χ0n) is 17.1. The molecule has 0 aliphatic carbocycles. The Hall–Kier alpha value is -3.49. The van der Waals surface area contributed by atoms with Crippen LogP contribution in [0.15, 0.2) is 46.9 Å². The number of nitrogens with zero attached hydrogens (tertiary/aromatic N) is 1. The first-order chi connectivity index (χ1) is 14.7. The van der Waals surface area contributed by atoms with E-state index in [1.165, 1.54) is 19.2 Å². The Balaban J connectivity index is 1.66. The summed E-state index contributed by atoms with van der Waals surface area (Å²) >= 11 is 0. The van der Waals surface area contributed by atoms with E-state index in [1.807, 2.05) is 6.92 Å². The Morgan fingerprint density at radius 3 is 2.39 bits per heavy atom. The van der Waals surface area contributed by atoms with Gasteiger partial charge >= 0.3 is 12.1 Å². The molecule has 0 radical (unpaired) electrons. The normalized spacial score (nSPS) is 11.3. The molecule has 3 aromatic rings. The average molecular weight is 435 g/mol. The number of rotatable bonds is 7. The first kappa shape index (κ1) is 22.2. The molecule has 6 nitrogen and oxygen atoms in total. The van der Waals surface area contributed by atoms with E-state index in [2.05, 4.69) is 9.72 Å². The molecular weight excluding hydrogens is 415 g/mol. The van der Waals surface area contributed by atoms with Crippen molar-refractivity contribution in [1.82, 2.24) is 4.98 Å². The number of aromatic nitrogens is 1. The van der Waals surface area contributed by atoms with Crippen LogP contribution in [0.3, 0.4) is 0 Å². The molecule has 0 fully saturated rings. The lowest BCUT2D eigenvalue weighted by Gasteiger charge is -2.10. The Morgan fingerprint density at radius 2 is 1.77 bits per heavy atom. The summed E-state index contributed by atoms with van der Waals surface area (Å²) in [6.45, 7) is 3.43. The number of ether oxygens (including phenoxy) is 3. The third kappa shape index (κ3) is 5.56. The Kier molecular flexibility index (Phi) is 6.53. The number of methoxy groups -OCH3 is 1.